The predicted octanol–water partition coefficient (Wildman–Crippen LogP) is 0.921. The van der Waals surface area contributed by atoms with Crippen LogP contribution in [0.25, 0.3) is 0 Å². The molecule has 0 aliphatic carbocycles. The smallest absolute Gasteiger partial charge is 0.408 e. The van der Waals surface area contributed by atoms with Crippen LogP contribution in [0.2, 0.25) is 0 Å². The number of cyclic esters (lactones) is 1. The fourth-order valence-electron chi connectivity index (χ4n) is 1.53. The van der Waals surface area contributed by atoms with Crippen molar-refractivity contribution in [3.63, 3.8) is 0 Å². The standard InChI is InChI=1S/C10H9NO4/c12-9(13)8-7(11-10(14)15-8)6-4-2-1-3-5-6/h1-5,7-8H,(H,11,14)(H,12,13)/t7-,8-/m0/s1. The molecule has 2 rings (SSSR count). The number of carboxylic acid groups (broad SMARTS) is 1. The molecule has 15 heavy (non-hydrogen) atoms. The van der Waals surface area contributed by atoms with Gasteiger partial charge >= 0.3 is 12.1 Å². The van der Waals surface area contributed by atoms with E-state index < -0.39 is 24.2 Å². The van der Waals surface area contributed by atoms with Crippen LogP contribution in [0.3, 0.4) is 0 Å². The minimum absolute atomic E-state index is 0.615. The molecule has 0 aromatic heterocycles. The summed E-state index contributed by atoms with van der Waals surface area (Å²) in [7, 11) is 0. The number of rotatable bonds is 2. The number of carboxylic acids is 1. The number of ether oxygens (including phenoxy) is 1. The normalized spacial score (nSPS) is 24.4. The Kier molecular flexibility index (Phi) is 2.29. The maximum absolute atomic E-state index is 10.9. The van der Waals surface area contributed by atoms with Gasteiger partial charge in [-0.1, -0.05) is 30.3 Å². The average molecular weight is 207 g/mol. The van der Waals surface area contributed by atoms with Gasteiger partial charge in [-0.25, -0.2) is 9.59 Å². The van der Waals surface area contributed by atoms with E-state index in [2.05, 4.69) is 10.1 Å². The van der Waals surface area contributed by atoms with Gasteiger partial charge in [-0.3, -0.25) is 0 Å². The summed E-state index contributed by atoms with van der Waals surface area (Å²) in [5.41, 5.74) is 0.718. The van der Waals surface area contributed by atoms with Crippen molar-refractivity contribution < 1.29 is 19.4 Å². The lowest BCUT2D eigenvalue weighted by Gasteiger charge is -2.12. The second kappa shape index (κ2) is 3.61. The third-order valence-corrected chi connectivity index (χ3v) is 2.21. The van der Waals surface area contributed by atoms with E-state index in [0.29, 0.717) is 0 Å². The molecule has 2 atom stereocenters. The first-order valence-corrected chi connectivity index (χ1v) is 4.43. The van der Waals surface area contributed by atoms with Gasteiger partial charge in [0.1, 0.15) is 6.04 Å². The lowest BCUT2D eigenvalue weighted by atomic mass is 10.0. The van der Waals surface area contributed by atoms with E-state index in [-0.39, 0.29) is 0 Å². The molecule has 1 aliphatic heterocycles. The molecule has 5 heteroatoms. The van der Waals surface area contributed by atoms with Gasteiger partial charge < -0.3 is 15.2 Å². The van der Waals surface area contributed by atoms with Crippen LogP contribution in [-0.4, -0.2) is 23.3 Å². The van der Waals surface area contributed by atoms with Gasteiger partial charge in [-0.2, -0.15) is 0 Å². The molecule has 1 aromatic carbocycles. The van der Waals surface area contributed by atoms with Crippen LogP contribution < -0.4 is 5.32 Å². The maximum atomic E-state index is 10.9. The number of benzene rings is 1. The van der Waals surface area contributed by atoms with E-state index in [9.17, 15) is 9.59 Å². The van der Waals surface area contributed by atoms with E-state index in [1.807, 2.05) is 6.07 Å². The lowest BCUT2D eigenvalue weighted by molar-refractivity contribution is -0.146. The highest BCUT2D eigenvalue weighted by molar-refractivity contribution is 5.82. The molecule has 1 fully saturated rings. The minimum Gasteiger partial charge on any atom is -0.478 e. The highest BCUT2D eigenvalue weighted by atomic mass is 16.6. The quantitative estimate of drug-likeness (QED) is 0.756. The second-order valence-electron chi connectivity index (χ2n) is 3.20. The molecule has 78 valence electrons. The summed E-state index contributed by atoms with van der Waals surface area (Å²) in [6, 6.07) is 8.25. The fourth-order valence-corrected chi connectivity index (χ4v) is 1.53. The largest absolute Gasteiger partial charge is 0.478 e. The number of aliphatic carboxylic acids is 1. The molecule has 1 amide bonds. The summed E-state index contributed by atoms with van der Waals surface area (Å²) in [5.74, 6) is -1.15. The molecule has 0 saturated carbocycles. The average Bonchev–Trinajstić information content (AvgIpc) is 2.62. The van der Waals surface area contributed by atoms with Gasteiger partial charge in [0.2, 0.25) is 6.10 Å². The van der Waals surface area contributed by atoms with Crippen molar-refractivity contribution in [2.24, 2.45) is 0 Å². The van der Waals surface area contributed by atoms with Crippen molar-refractivity contribution in [2.75, 3.05) is 0 Å². The Morgan fingerprint density at radius 3 is 2.60 bits per heavy atom. The van der Waals surface area contributed by atoms with Crippen LogP contribution in [0.1, 0.15) is 11.6 Å². The van der Waals surface area contributed by atoms with Crippen molar-refractivity contribution in [3.8, 4) is 0 Å². The number of carbonyl (C=O) groups is 2. The van der Waals surface area contributed by atoms with Crippen LogP contribution in [0, 0.1) is 0 Å². The predicted molar refractivity (Wildman–Crippen MR) is 50.2 cm³/mol. The molecule has 0 bridgehead atoms. The Labute approximate surface area is 85.7 Å². The van der Waals surface area contributed by atoms with Crippen LogP contribution in [0.4, 0.5) is 4.79 Å². The fraction of sp³-hybridized carbons (Fsp3) is 0.200. The van der Waals surface area contributed by atoms with Crippen LogP contribution >= 0.6 is 0 Å². The molecular formula is C10H9NO4. The van der Waals surface area contributed by atoms with E-state index in [0.717, 1.165) is 5.56 Å². The SMILES string of the molecule is O=C1N[C@@H](c2ccccc2)[C@@H](C(=O)O)O1. The van der Waals surface area contributed by atoms with E-state index >= 15 is 0 Å². The number of hydrogen-bond acceptors (Lipinski definition) is 3. The van der Waals surface area contributed by atoms with Crippen LogP contribution in [-0.2, 0) is 9.53 Å². The van der Waals surface area contributed by atoms with E-state index in [1.54, 1.807) is 24.3 Å². The zero-order valence-corrected chi connectivity index (χ0v) is 7.71. The molecule has 0 spiro atoms. The van der Waals surface area contributed by atoms with Crippen LogP contribution in [0.15, 0.2) is 30.3 Å². The zero-order chi connectivity index (χ0) is 10.8. The van der Waals surface area contributed by atoms with E-state index in [1.165, 1.54) is 0 Å². The Morgan fingerprint density at radius 2 is 2.00 bits per heavy atom. The number of alkyl carbamates (subject to hydrolysis) is 1. The summed E-state index contributed by atoms with van der Waals surface area (Å²) in [4.78, 5) is 21.8. The molecule has 1 saturated heterocycles. The molecule has 0 radical (unpaired) electrons. The van der Waals surface area contributed by atoms with Crippen LogP contribution in [0.5, 0.6) is 0 Å². The van der Waals surface area contributed by atoms with Gasteiger partial charge in [0, 0.05) is 0 Å². The van der Waals surface area contributed by atoms with Gasteiger partial charge in [0.05, 0.1) is 0 Å². The van der Waals surface area contributed by atoms with E-state index in [4.69, 9.17) is 5.11 Å². The molecular weight excluding hydrogens is 198 g/mol. The summed E-state index contributed by atoms with van der Waals surface area (Å²) in [6.45, 7) is 0. The summed E-state index contributed by atoms with van der Waals surface area (Å²) < 4.78 is 4.64. The van der Waals surface area contributed by atoms with Crippen molar-refractivity contribution in [1.29, 1.82) is 0 Å². The van der Waals surface area contributed by atoms with Gasteiger partial charge in [-0.15, -0.1) is 0 Å². The Hall–Kier alpha value is -2.04. The van der Waals surface area contributed by atoms with Gasteiger partial charge in [0.25, 0.3) is 0 Å². The molecule has 1 aliphatic rings. The van der Waals surface area contributed by atoms with Crippen molar-refractivity contribution in [1.82, 2.24) is 5.32 Å². The zero-order valence-electron chi connectivity index (χ0n) is 7.71. The number of hydrogen-bond donors (Lipinski definition) is 2. The first-order valence-electron chi connectivity index (χ1n) is 4.43. The summed E-state index contributed by atoms with van der Waals surface area (Å²) >= 11 is 0. The highest BCUT2D eigenvalue weighted by Crippen LogP contribution is 2.24. The number of nitrogens with one attached hydrogen (secondary N) is 1. The van der Waals surface area contributed by atoms with Crippen molar-refractivity contribution >= 4 is 12.1 Å². The highest BCUT2D eigenvalue weighted by Gasteiger charge is 2.40. The molecule has 0 unspecified atom stereocenters. The maximum Gasteiger partial charge on any atom is 0.408 e. The lowest BCUT2D eigenvalue weighted by Crippen LogP contribution is -2.28. The molecule has 2 N–H and O–H groups in total. The topological polar surface area (TPSA) is 75.6 Å². The van der Waals surface area contributed by atoms with Crippen molar-refractivity contribution in [3.05, 3.63) is 35.9 Å². The molecule has 5 nitrogen and oxygen atoms in total. The monoisotopic (exact) mass is 207 g/mol. The second-order valence-corrected chi connectivity index (χ2v) is 3.20. The summed E-state index contributed by atoms with van der Waals surface area (Å²) in [5, 5.41) is 11.3. The minimum atomic E-state index is -1.15. The number of carbonyl (C=O) groups excluding carboxylic acids is 1. The Morgan fingerprint density at radius 1 is 1.33 bits per heavy atom. The summed E-state index contributed by atoms with van der Waals surface area (Å²) in [6.07, 6.45) is -1.85. The Balaban J connectivity index is 2.28. The third kappa shape index (κ3) is 1.76. The third-order valence-electron chi connectivity index (χ3n) is 2.21. The van der Waals surface area contributed by atoms with Crippen molar-refractivity contribution in [2.45, 2.75) is 12.1 Å². The Bertz CT molecular complexity index is 390. The molecule has 1 heterocycles. The van der Waals surface area contributed by atoms with Gasteiger partial charge in [0.15, 0.2) is 0 Å². The van der Waals surface area contributed by atoms with Gasteiger partial charge in [-0.05, 0) is 5.56 Å². The first-order chi connectivity index (χ1) is 7.18. The number of amides is 1. The molecule has 1 aromatic rings. The first kappa shape index (κ1) is 9.51.